The van der Waals surface area contributed by atoms with Crippen LogP contribution in [0.4, 0.5) is 0 Å². The smallest absolute Gasteiger partial charge is 0.305 e. The van der Waals surface area contributed by atoms with Crippen LogP contribution in [-0.2, 0) is 56.0 Å². The van der Waals surface area contributed by atoms with Gasteiger partial charge < -0.3 is 65.3 Å². The number of aliphatic carboxylic acids is 1. The molecule has 3 rings (SSSR count). The second-order valence-electron chi connectivity index (χ2n) is 15.3. The molecule has 0 aliphatic carbocycles. The molecule has 23 heteroatoms. The number of thioether (sulfide) groups is 1. The summed E-state index contributed by atoms with van der Waals surface area (Å²) in [6.45, 7) is 0.645. The first-order valence-corrected chi connectivity index (χ1v) is 22.3. The summed E-state index contributed by atoms with van der Waals surface area (Å²) in [6.07, 6.45) is 1.47. The third-order valence-corrected chi connectivity index (χ3v) is 10.8. The van der Waals surface area contributed by atoms with Gasteiger partial charge in [-0.05, 0) is 61.8 Å². The van der Waals surface area contributed by atoms with Crippen molar-refractivity contribution in [1.82, 2.24) is 37.2 Å². The molecule has 22 nitrogen and oxygen atoms in total. The number of guanidine groups is 1. The minimum atomic E-state index is -1.73. The van der Waals surface area contributed by atoms with E-state index < -0.39 is 108 Å². The average molecular weight is 925 g/mol. The Morgan fingerprint density at radius 1 is 0.662 bits per heavy atom. The fourth-order valence-electron chi connectivity index (χ4n) is 6.75. The van der Waals surface area contributed by atoms with Gasteiger partial charge in [-0.1, -0.05) is 60.7 Å². The molecular weight excluding hydrogens is 865 g/mol. The van der Waals surface area contributed by atoms with Crippen LogP contribution in [0.25, 0.3) is 0 Å². The van der Waals surface area contributed by atoms with E-state index in [4.69, 9.17) is 22.9 Å². The zero-order valence-electron chi connectivity index (χ0n) is 36.1. The second kappa shape index (κ2) is 27.4. The number of carboxylic acids is 1. The van der Waals surface area contributed by atoms with Crippen molar-refractivity contribution in [3.63, 3.8) is 0 Å². The summed E-state index contributed by atoms with van der Waals surface area (Å²) in [6, 6.07) is 8.10. The monoisotopic (exact) mass is 924 g/mol. The molecular formula is C42H60N12O10S. The zero-order chi connectivity index (χ0) is 47.9. The lowest BCUT2D eigenvalue weighted by Crippen LogP contribution is -2.60. The van der Waals surface area contributed by atoms with Crippen molar-refractivity contribution < 1.29 is 48.3 Å². The van der Waals surface area contributed by atoms with Crippen LogP contribution < -0.4 is 60.2 Å². The van der Waals surface area contributed by atoms with Gasteiger partial charge in [0.2, 0.25) is 47.3 Å². The Morgan fingerprint density at radius 3 is 1.63 bits per heavy atom. The van der Waals surface area contributed by atoms with E-state index in [0.717, 1.165) is 0 Å². The molecule has 0 spiro atoms. The number of hydrogen-bond acceptors (Lipinski definition) is 12. The third kappa shape index (κ3) is 19.3. The Hall–Kier alpha value is -6.75. The van der Waals surface area contributed by atoms with Crippen molar-refractivity contribution in [2.75, 3.05) is 25.1 Å². The molecule has 1 heterocycles. The minimum absolute atomic E-state index is 0.00248. The normalized spacial score (nSPS) is 15.9. The summed E-state index contributed by atoms with van der Waals surface area (Å²) in [4.78, 5) is 122. The van der Waals surface area contributed by atoms with Gasteiger partial charge in [0, 0.05) is 19.4 Å². The van der Waals surface area contributed by atoms with Gasteiger partial charge in [-0.25, -0.2) is 0 Å². The maximum absolute atomic E-state index is 14.2. The van der Waals surface area contributed by atoms with Crippen LogP contribution in [-0.4, -0.2) is 132 Å². The van der Waals surface area contributed by atoms with Crippen molar-refractivity contribution in [2.45, 2.75) is 100 Å². The van der Waals surface area contributed by atoms with Gasteiger partial charge in [0.15, 0.2) is 5.96 Å². The maximum Gasteiger partial charge on any atom is 0.305 e. The third-order valence-electron chi connectivity index (χ3n) is 10.1. The standard InChI is InChI=1S/C42H60N12O10S/c1-65-19-16-28(38(61)49-27(15-9-18-48-42(45)46)37(60)51-29(35(44)58)20-24-10-4-2-5-11-24)50-39(62)30(21-25-12-6-3-7-13-25)52-40(63)31(22-33(43)55)53-41(64)32(23-34(56)57)54-36(59)26-14-8-17-47-26/h2-7,10-13,26-32,47H,8-9,14-23H2,1H3,(H2,43,55)(H2,44,58)(H,49,61)(H,50,62)(H,51,60)(H,52,63)(H,53,64)(H,54,59)(H,56,57)(H4,45,46,48)/t26-,27-,28-,29-,30-,31-,32-/m0/s1. The molecule has 0 saturated carbocycles. The highest BCUT2D eigenvalue weighted by molar-refractivity contribution is 7.98. The van der Waals surface area contributed by atoms with Gasteiger partial charge in [0.05, 0.1) is 18.9 Å². The highest BCUT2D eigenvalue weighted by Crippen LogP contribution is 2.11. The molecule has 7 atom stereocenters. The molecule has 2 aromatic rings. The summed E-state index contributed by atoms with van der Waals surface area (Å²) < 4.78 is 0. The predicted octanol–water partition coefficient (Wildman–Crippen LogP) is -3.23. The molecule has 1 saturated heterocycles. The molecule has 16 N–H and O–H groups in total. The van der Waals surface area contributed by atoms with Crippen LogP contribution in [0.1, 0.15) is 56.1 Å². The Labute approximate surface area is 380 Å². The van der Waals surface area contributed by atoms with E-state index in [1.807, 2.05) is 0 Å². The number of primary amides is 2. The Balaban J connectivity index is 1.88. The number of amides is 8. The first-order valence-electron chi connectivity index (χ1n) is 20.9. The quantitative estimate of drug-likeness (QED) is 0.0227. The van der Waals surface area contributed by atoms with E-state index >= 15 is 0 Å². The lowest BCUT2D eigenvalue weighted by atomic mass is 10.0. The lowest BCUT2D eigenvalue weighted by Gasteiger charge is -2.27. The van der Waals surface area contributed by atoms with Gasteiger partial charge in [0.25, 0.3) is 0 Å². The molecule has 8 amide bonds. The van der Waals surface area contributed by atoms with Gasteiger partial charge >= 0.3 is 5.97 Å². The van der Waals surface area contributed by atoms with Gasteiger partial charge in [-0.15, -0.1) is 0 Å². The first-order chi connectivity index (χ1) is 31.0. The minimum Gasteiger partial charge on any atom is -0.481 e. The molecule has 1 aliphatic rings. The van der Waals surface area contributed by atoms with E-state index in [0.29, 0.717) is 36.3 Å². The van der Waals surface area contributed by atoms with Gasteiger partial charge in [-0.3, -0.25) is 48.1 Å². The van der Waals surface area contributed by atoms with Crippen LogP contribution >= 0.6 is 11.8 Å². The summed E-state index contributed by atoms with van der Waals surface area (Å²) in [7, 11) is 0. The number of carbonyl (C=O) groups excluding carboxylic acids is 8. The maximum atomic E-state index is 14.2. The van der Waals surface area contributed by atoms with Crippen molar-refractivity contribution in [2.24, 2.45) is 27.9 Å². The van der Waals surface area contributed by atoms with Crippen LogP contribution in [0.5, 0.6) is 0 Å². The SMILES string of the molecule is CSCC[C@H](NC(=O)[C@H](Cc1ccccc1)NC(=O)[C@H](CC(N)=O)NC(=O)[C@H](CC(=O)O)NC(=O)[C@@H]1CCCN1)C(=O)N[C@@H](CCCN=C(N)N)C(=O)N[C@@H](Cc1ccccc1)C(N)=O. The van der Waals surface area contributed by atoms with Crippen LogP contribution in [0, 0.1) is 0 Å². The summed E-state index contributed by atoms with van der Waals surface area (Å²) in [5.41, 5.74) is 23.3. The molecule has 0 radical (unpaired) electrons. The topological polar surface area (TPSA) is 375 Å². The van der Waals surface area contributed by atoms with Crippen LogP contribution in [0.3, 0.4) is 0 Å². The van der Waals surface area contributed by atoms with E-state index in [1.54, 1.807) is 66.9 Å². The molecule has 0 unspecified atom stereocenters. The Bertz CT molecular complexity index is 1980. The number of nitrogens with zero attached hydrogens (tertiary/aromatic N) is 1. The molecule has 354 valence electrons. The molecule has 0 bridgehead atoms. The highest BCUT2D eigenvalue weighted by atomic mass is 32.2. The fraction of sp³-hybridized carbons (Fsp3) is 0.476. The number of aliphatic imine (C=N–C) groups is 1. The highest BCUT2D eigenvalue weighted by Gasteiger charge is 2.35. The zero-order valence-corrected chi connectivity index (χ0v) is 36.9. The molecule has 1 fully saturated rings. The number of benzene rings is 2. The number of nitrogens with one attached hydrogen (secondary N) is 7. The van der Waals surface area contributed by atoms with Crippen LogP contribution in [0.2, 0.25) is 0 Å². The van der Waals surface area contributed by atoms with Crippen molar-refractivity contribution >= 4 is 70.9 Å². The number of carboxylic acid groups (broad SMARTS) is 1. The first kappa shape index (κ1) is 52.6. The average Bonchev–Trinajstić information content (AvgIpc) is 3.81. The second-order valence-corrected chi connectivity index (χ2v) is 16.3. The molecule has 2 aromatic carbocycles. The van der Waals surface area contributed by atoms with Gasteiger partial charge in [0.1, 0.15) is 36.3 Å². The number of nitrogens with two attached hydrogens (primary N) is 4. The van der Waals surface area contributed by atoms with Gasteiger partial charge in [-0.2, -0.15) is 11.8 Å². The predicted molar refractivity (Wildman–Crippen MR) is 241 cm³/mol. The number of rotatable bonds is 28. The molecule has 1 aliphatic heterocycles. The fourth-order valence-corrected chi connectivity index (χ4v) is 7.22. The molecule has 65 heavy (non-hydrogen) atoms. The van der Waals surface area contributed by atoms with E-state index in [-0.39, 0.29) is 44.6 Å². The summed E-state index contributed by atoms with van der Waals surface area (Å²) in [5, 5.41) is 27.6. The van der Waals surface area contributed by atoms with E-state index in [9.17, 15) is 48.3 Å². The molecule has 0 aromatic heterocycles. The number of hydrogen-bond donors (Lipinski definition) is 12. The van der Waals surface area contributed by atoms with E-state index in [2.05, 4.69) is 42.2 Å². The van der Waals surface area contributed by atoms with Crippen molar-refractivity contribution in [3.8, 4) is 0 Å². The van der Waals surface area contributed by atoms with Crippen LogP contribution in [0.15, 0.2) is 65.7 Å². The number of carbonyl (C=O) groups is 9. The summed E-state index contributed by atoms with van der Waals surface area (Å²) >= 11 is 1.36. The Kier molecular flexibility index (Phi) is 22.2. The van der Waals surface area contributed by atoms with Crippen molar-refractivity contribution in [3.05, 3.63) is 71.8 Å². The van der Waals surface area contributed by atoms with Crippen molar-refractivity contribution in [1.29, 1.82) is 0 Å². The largest absolute Gasteiger partial charge is 0.481 e. The Morgan fingerprint density at radius 2 is 1.14 bits per heavy atom. The summed E-state index contributed by atoms with van der Waals surface area (Å²) in [5.74, 6) is -8.29. The lowest BCUT2D eigenvalue weighted by molar-refractivity contribution is -0.141. The van der Waals surface area contributed by atoms with E-state index in [1.165, 1.54) is 11.8 Å².